The van der Waals surface area contributed by atoms with Crippen molar-refractivity contribution in [2.24, 2.45) is 0 Å². The summed E-state index contributed by atoms with van der Waals surface area (Å²) in [4.78, 5) is 6.26. The van der Waals surface area contributed by atoms with Crippen LogP contribution in [0.3, 0.4) is 0 Å². The highest BCUT2D eigenvalue weighted by atomic mass is 32.1. The Morgan fingerprint density at radius 1 is 1.25 bits per heavy atom. The Balaban J connectivity index is 1.91. The van der Waals surface area contributed by atoms with Crippen LogP contribution >= 0.6 is 22.7 Å². The van der Waals surface area contributed by atoms with Gasteiger partial charge in [-0.15, -0.1) is 22.7 Å². The summed E-state index contributed by atoms with van der Waals surface area (Å²) in [6.45, 7) is 5.31. The van der Waals surface area contributed by atoms with E-state index in [4.69, 9.17) is 4.98 Å². The van der Waals surface area contributed by atoms with Gasteiger partial charge in [-0.05, 0) is 42.6 Å². The van der Waals surface area contributed by atoms with Crippen LogP contribution in [-0.4, -0.2) is 11.5 Å². The molecule has 4 heteroatoms. The average Bonchev–Trinajstić information content (AvgIpc) is 3.04. The van der Waals surface area contributed by atoms with E-state index in [0.29, 0.717) is 6.04 Å². The Bertz CT molecular complexity index is 666. The molecule has 3 aromatic rings. The Hall–Kier alpha value is -1.23. The lowest BCUT2D eigenvalue weighted by Crippen LogP contribution is -2.22. The second kappa shape index (κ2) is 6.04. The highest BCUT2D eigenvalue weighted by Crippen LogP contribution is 2.30. The molecule has 1 N–H and O–H groups in total. The molecule has 3 rings (SSSR count). The summed E-state index contributed by atoms with van der Waals surface area (Å²) < 4.78 is 1.27. The first-order valence-corrected chi connectivity index (χ1v) is 8.59. The standard InChI is InChI=1S/C16H18N2S2/c1-3-17-13(10-15-11(2)8-9-19-15)16-18-12-6-4-5-7-14(12)20-16/h4-9,13,17H,3,10H2,1-2H3. The number of aromatic nitrogens is 1. The molecular weight excluding hydrogens is 284 g/mol. The minimum atomic E-state index is 0.315. The van der Waals surface area contributed by atoms with Gasteiger partial charge in [-0.25, -0.2) is 4.98 Å². The minimum absolute atomic E-state index is 0.315. The van der Waals surface area contributed by atoms with Crippen LogP contribution in [0.15, 0.2) is 35.7 Å². The molecule has 0 saturated heterocycles. The lowest BCUT2D eigenvalue weighted by Gasteiger charge is -2.14. The number of likely N-dealkylation sites (N-methyl/N-ethyl adjacent to an activating group) is 1. The third-order valence-electron chi connectivity index (χ3n) is 3.42. The number of para-hydroxylation sites is 1. The summed E-state index contributed by atoms with van der Waals surface area (Å²) in [6.07, 6.45) is 1.02. The monoisotopic (exact) mass is 302 g/mol. The number of thiazole rings is 1. The molecule has 0 fully saturated rings. The maximum Gasteiger partial charge on any atom is 0.111 e. The first-order chi connectivity index (χ1) is 9.78. The Morgan fingerprint density at radius 2 is 2.10 bits per heavy atom. The number of aryl methyl sites for hydroxylation is 1. The zero-order valence-corrected chi connectivity index (χ0v) is 13.4. The first-order valence-electron chi connectivity index (χ1n) is 6.89. The van der Waals surface area contributed by atoms with E-state index in [2.05, 4.69) is 54.9 Å². The predicted molar refractivity (Wildman–Crippen MR) is 88.8 cm³/mol. The third kappa shape index (κ3) is 2.77. The van der Waals surface area contributed by atoms with Crippen molar-refractivity contribution in [2.45, 2.75) is 26.3 Å². The van der Waals surface area contributed by atoms with E-state index in [1.165, 1.54) is 20.1 Å². The van der Waals surface area contributed by atoms with E-state index < -0.39 is 0 Å². The van der Waals surface area contributed by atoms with Crippen molar-refractivity contribution < 1.29 is 0 Å². The minimum Gasteiger partial charge on any atom is -0.308 e. The largest absolute Gasteiger partial charge is 0.308 e. The molecule has 20 heavy (non-hydrogen) atoms. The van der Waals surface area contributed by atoms with Crippen LogP contribution in [0.1, 0.15) is 28.4 Å². The molecule has 0 amide bonds. The Kier molecular flexibility index (Phi) is 4.15. The van der Waals surface area contributed by atoms with Crippen LogP contribution < -0.4 is 5.32 Å². The van der Waals surface area contributed by atoms with Gasteiger partial charge in [0.2, 0.25) is 0 Å². The number of benzene rings is 1. The molecule has 2 heterocycles. The van der Waals surface area contributed by atoms with E-state index >= 15 is 0 Å². The zero-order chi connectivity index (χ0) is 13.9. The Labute approximate surface area is 127 Å². The molecule has 2 aromatic heterocycles. The number of nitrogens with zero attached hydrogens (tertiary/aromatic N) is 1. The van der Waals surface area contributed by atoms with Gasteiger partial charge in [-0.3, -0.25) is 0 Å². The van der Waals surface area contributed by atoms with Gasteiger partial charge in [0.15, 0.2) is 0 Å². The van der Waals surface area contributed by atoms with Crippen LogP contribution in [0, 0.1) is 6.92 Å². The van der Waals surface area contributed by atoms with Gasteiger partial charge in [0, 0.05) is 11.3 Å². The van der Waals surface area contributed by atoms with Crippen molar-refractivity contribution in [3.63, 3.8) is 0 Å². The van der Waals surface area contributed by atoms with Gasteiger partial charge in [-0.1, -0.05) is 19.1 Å². The van der Waals surface area contributed by atoms with Crippen LogP contribution in [0.5, 0.6) is 0 Å². The predicted octanol–water partition coefficient (Wildman–Crippen LogP) is 4.56. The highest BCUT2D eigenvalue weighted by Gasteiger charge is 2.17. The third-order valence-corrected chi connectivity index (χ3v) is 5.61. The van der Waals surface area contributed by atoms with Crippen molar-refractivity contribution in [3.05, 3.63) is 51.2 Å². The van der Waals surface area contributed by atoms with Gasteiger partial charge in [-0.2, -0.15) is 0 Å². The van der Waals surface area contributed by atoms with Crippen molar-refractivity contribution in [1.29, 1.82) is 0 Å². The summed E-state index contributed by atoms with van der Waals surface area (Å²) in [6, 6.07) is 10.9. The second-order valence-electron chi connectivity index (χ2n) is 4.86. The molecule has 0 radical (unpaired) electrons. The van der Waals surface area contributed by atoms with Crippen LogP contribution in [0.25, 0.3) is 10.2 Å². The highest BCUT2D eigenvalue weighted by molar-refractivity contribution is 7.18. The van der Waals surface area contributed by atoms with Crippen molar-refractivity contribution in [3.8, 4) is 0 Å². The van der Waals surface area contributed by atoms with E-state index in [0.717, 1.165) is 18.5 Å². The topological polar surface area (TPSA) is 24.9 Å². The number of hydrogen-bond acceptors (Lipinski definition) is 4. The fourth-order valence-corrected chi connectivity index (χ4v) is 4.33. The van der Waals surface area contributed by atoms with Crippen LogP contribution in [0.4, 0.5) is 0 Å². The lowest BCUT2D eigenvalue weighted by molar-refractivity contribution is 0.550. The molecule has 0 saturated carbocycles. The Morgan fingerprint density at radius 3 is 2.80 bits per heavy atom. The molecule has 0 bridgehead atoms. The quantitative estimate of drug-likeness (QED) is 0.747. The average molecular weight is 302 g/mol. The van der Waals surface area contributed by atoms with Gasteiger partial charge in [0.25, 0.3) is 0 Å². The van der Waals surface area contributed by atoms with E-state index in [1.54, 1.807) is 11.3 Å². The summed E-state index contributed by atoms with van der Waals surface area (Å²) in [5.74, 6) is 0. The number of rotatable bonds is 5. The van der Waals surface area contributed by atoms with E-state index in [9.17, 15) is 0 Å². The van der Waals surface area contributed by atoms with Gasteiger partial charge in [0.1, 0.15) is 5.01 Å². The molecule has 1 aromatic carbocycles. The van der Waals surface area contributed by atoms with Gasteiger partial charge < -0.3 is 5.32 Å². The maximum absolute atomic E-state index is 4.80. The normalized spacial score (nSPS) is 12.9. The van der Waals surface area contributed by atoms with Crippen LogP contribution in [-0.2, 0) is 6.42 Å². The first kappa shape index (κ1) is 13.7. The number of thiophene rings is 1. The maximum atomic E-state index is 4.80. The molecule has 104 valence electrons. The number of nitrogens with one attached hydrogen (secondary N) is 1. The molecule has 0 spiro atoms. The van der Waals surface area contributed by atoms with Crippen molar-refractivity contribution >= 4 is 32.9 Å². The molecule has 0 aliphatic rings. The molecular formula is C16H18N2S2. The molecule has 1 unspecified atom stereocenters. The smallest absolute Gasteiger partial charge is 0.111 e. The fraction of sp³-hybridized carbons (Fsp3) is 0.312. The van der Waals surface area contributed by atoms with E-state index in [1.807, 2.05) is 11.3 Å². The zero-order valence-electron chi connectivity index (χ0n) is 11.7. The summed E-state index contributed by atoms with van der Waals surface area (Å²) in [5, 5.41) is 6.95. The second-order valence-corrected chi connectivity index (χ2v) is 6.92. The van der Waals surface area contributed by atoms with Crippen molar-refractivity contribution in [2.75, 3.05) is 6.54 Å². The lowest BCUT2D eigenvalue weighted by atomic mass is 10.1. The molecule has 1 atom stereocenters. The fourth-order valence-electron chi connectivity index (χ4n) is 2.33. The van der Waals surface area contributed by atoms with Crippen molar-refractivity contribution in [1.82, 2.24) is 10.3 Å². The molecule has 2 nitrogen and oxygen atoms in total. The number of hydrogen-bond donors (Lipinski definition) is 1. The van der Waals surface area contributed by atoms with E-state index in [-0.39, 0.29) is 0 Å². The molecule has 0 aliphatic carbocycles. The summed E-state index contributed by atoms with van der Waals surface area (Å²) in [5.41, 5.74) is 2.50. The molecule has 0 aliphatic heterocycles. The summed E-state index contributed by atoms with van der Waals surface area (Å²) in [7, 11) is 0. The SMILES string of the molecule is CCNC(Cc1sccc1C)c1nc2ccccc2s1. The number of fused-ring (bicyclic) bond motifs is 1. The van der Waals surface area contributed by atoms with Crippen LogP contribution in [0.2, 0.25) is 0 Å². The summed E-state index contributed by atoms with van der Waals surface area (Å²) >= 11 is 3.65. The van der Waals surface area contributed by atoms with Gasteiger partial charge in [0.05, 0.1) is 16.3 Å². The van der Waals surface area contributed by atoms with Gasteiger partial charge >= 0.3 is 0 Å².